The van der Waals surface area contributed by atoms with Gasteiger partial charge in [0.2, 0.25) is 0 Å². The van der Waals surface area contributed by atoms with E-state index in [4.69, 9.17) is 0 Å². The van der Waals surface area contributed by atoms with Gasteiger partial charge in [0, 0.05) is 73.3 Å². The van der Waals surface area contributed by atoms with Crippen LogP contribution in [0.5, 0.6) is 0 Å². The molecule has 0 saturated carbocycles. The second kappa shape index (κ2) is 34.2. The Bertz CT molecular complexity index is 9010. The van der Waals surface area contributed by atoms with Crippen molar-refractivity contribution < 1.29 is 0 Å². The molecule has 141 heavy (non-hydrogen) atoms. The number of rotatable bonds is 13. The molecular formula is C137H104N4. The van der Waals surface area contributed by atoms with Gasteiger partial charge in [0.15, 0.2) is 0 Å². The predicted molar refractivity (Wildman–Crippen MR) is 611 cm³/mol. The van der Waals surface area contributed by atoms with Gasteiger partial charge in [0.1, 0.15) is 0 Å². The Kier molecular flexibility index (Phi) is 20.7. The number of fused-ring (bicyclic) bond motifs is 18. The summed E-state index contributed by atoms with van der Waals surface area (Å²) in [6.07, 6.45) is 0. The number of hydrogen-bond donors (Lipinski definition) is 0. The second-order valence-electron chi connectivity index (χ2n) is 40.3. The van der Waals surface area contributed by atoms with E-state index in [1.165, 1.54) is 212 Å². The third-order valence-corrected chi connectivity index (χ3v) is 29.5. The summed E-state index contributed by atoms with van der Waals surface area (Å²) in [5.74, 6) is 0. The first-order valence-electron chi connectivity index (χ1n) is 49.4. The highest BCUT2D eigenvalue weighted by atomic mass is 15.2. The second-order valence-corrected chi connectivity index (χ2v) is 40.3. The van der Waals surface area contributed by atoms with Crippen LogP contribution in [0.15, 0.2) is 467 Å². The van der Waals surface area contributed by atoms with Gasteiger partial charge in [-0.25, -0.2) is 0 Å². The van der Waals surface area contributed by atoms with Crippen molar-refractivity contribution in [1.29, 1.82) is 0 Å². The monoisotopic (exact) mass is 1800 g/mol. The van der Waals surface area contributed by atoms with Crippen molar-refractivity contribution in [3.8, 4) is 11.1 Å². The summed E-state index contributed by atoms with van der Waals surface area (Å²) < 4.78 is 0. The average Bonchev–Trinajstić information content (AvgIpc) is 0.697. The van der Waals surface area contributed by atoms with Crippen LogP contribution < -0.4 is 19.6 Å². The summed E-state index contributed by atoms with van der Waals surface area (Å²) in [6, 6.07) is 172. The Labute approximate surface area is 822 Å². The van der Waals surface area contributed by atoms with E-state index in [2.05, 4.69) is 549 Å². The lowest BCUT2D eigenvalue weighted by Gasteiger charge is -2.29. The minimum atomic E-state index is 0.0369. The van der Waals surface area contributed by atoms with Crippen molar-refractivity contribution in [2.24, 2.45) is 0 Å². The Balaban J connectivity index is 0.000000114. The number of nitrogens with zero attached hydrogens (tertiary/aromatic N) is 4. The summed E-state index contributed by atoms with van der Waals surface area (Å²) >= 11 is 0. The first kappa shape index (κ1) is 85.5. The minimum Gasteiger partial charge on any atom is -0.310 e. The quantitative estimate of drug-likeness (QED) is 0.0842. The Hall–Kier alpha value is -17.2. The third-order valence-electron chi connectivity index (χ3n) is 29.5. The van der Waals surface area contributed by atoms with Gasteiger partial charge in [-0.05, 0) is 392 Å². The van der Waals surface area contributed by atoms with Crippen molar-refractivity contribution in [1.82, 2.24) is 0 Å². The minimum absolute atomic E-state index is 0.0369. The molecule has 0 aliphatic carbocycles. The normalized spacial score (nSPS) is 12.0. The molecule has 0 aromatic heterocycles. The molecule has 0 radical (unpaired) electrons. The van der Waals surface area contributed by atoms with Crippen LogP contribution >= 0.6 is 0 Å². The van der Waals surface area contributed by atoms with E-state index >= 15 is 0 Å². The molecule has 27 aromatic rings. The topological polar surface area (TPSA) is 13.0 Å². The van der Waals surface area contributed by atoms with Crippen LogP contribution in [-0.4, -0.2) is 0 Å². The molecule has 4 nitrogen and oxygen atoms in total. The van der Waals surface area contributed by atoms with Crippen molar-refractivity contribution in [2.75, 3.05) is 19.6 Å². The van der Waals surface area contributed by atoms with E-state index in [0.717, 1.165) is 56.9 Å². The van der Waals surface area contributed by atoms with Crippen LogP contribution in [0.4, 0.5) is 68.2 Å². The summed E-state index contributed by atoms with van der Waals surface area (Å²) in [7, 11) is 0. The van der Waals surface area contributed by atoms with Crippen LogP contribution in [0.3, 0.4) is 0 Å². The van der Waals surface area contributed by atoms with Crippen LogP contribution in [0.2, 0.25) is 0 Å². The summed E-state index contributed by atoms with van der Waals surface area (Å²) in [4.78, 5) is 9.54. The van der Waals surface area contributed by atoms with Gasteiger partial charge < -0.3 is 19.6 Å². The van der Waals surface area contributed by atoms with Crippen LogP contribution in [-0.2, 0) is 10.8 Å². The molecule has 0 aliphatic rings. The van der Waals surface area contributed by atoms with Gasteiger partial charge in [-0.1, -0.05) is 338 Å². The van der Waals surface area contributed by atoms with Gasteiger partial charge in [0.05, 0.1) is 5.69 Å². The Morgan fingerprint density at radius 3 is 0.695 bits per heavy atom. The fourth-order valence-electron chi connectivity index (χ4n) is 23.3. The van der Waals surface area contributed by atoms with Gasteiger partial charge in [-0.3, -0.25) is 0 Å². The number of hydrogen-bond acceptors (Lipinski definition) is 4. The van der Waals surface area contributed by atoms with Gasteiger partial charge in [-0.15, -0.1) is 0 Å². The largest absolute Gasteiger partial charge is 0.310 e. The molecule has 0 N–H and O–H groups in total. The molecule has 0 saturated heterocycles. The zero-order valence-electron chi connectivity index (χ0n) is 80.7. The van der Waals surface area contributed by atoms with Gasteiger partial charge >= 0.3 is 0 Å². The van der Waals surface area contributed by atoms with Crippen molar-refractivity contribution in [3.63, 3.8) is 0 Å². The molecule has 0 aliphatic heterocycles. The lowest BCUT2D eigenvalue weighted by Crippen LogP contribution is -2.12. The molecule has 27 rings (SSSR count). The highest BCUT2D eigenvalue weighted by molar-refractivity contribution is 6.45. The van der Waals surface area contributed by atoms with Crippen molar-refractivity contribution >= 4 is 230 Å². The number of aryl methyl sites for hydroxylation is 3. The molecule has 0 bridgehead atoms. The maximum atomic E-state index is 2.47. The number of anilines is 12. The average molecular weight is 1810 g/mol. The number of para-hydroxylation sites is 8. The van der Waals surface area contributed by atoms with Gasteiger partial charge in [-0.2, -0.15) is 0 Å². The molecule has 0 amide bonds. The van der Waals surface area contributed by atoms with Crippen LogP contribution in [0, 0.1) is 20.8 Å². The maximum absolute atomic E-state index is 2.47. The molecule has 0 heterocycles. The molecule has 4 heteroatoms. The highest BCUT2D eigenvalue weighted by Gasteiger charge is 2.30. The fourth-order valence-corrected chi connectivity index (χ4v) is 23.3. The molecule has 0 unspecified atom stereocenters. The SMILES string of the molecule is CC(C)(C)c1cc2c3ccccc3c3cc(N(c4ccccc4)c4ccccc4)cc4c5ccccc5c(c1)c2c34.CC(C)(C)c1cc2c3ccccc3c3ccc(N(c4ccccc4)c4ccccc4)c4c5ccccc5c(c1)c2c34.Cc1cc(C)c(-c2cc3c4ccc(N(c5ccccc5)c5ccccc5)cc4c4cccc5c6cc(N(c7ccccc7)c7ccccc7)ccc6c(c2)c3c45)c(C)c1. The zero-order valence-corrected chi connectivity index (χ0v) is 80.7. The highest BCUT2D eigenvalue weighted by Crippen LogP contribution is 2.56. The van der Waals surface area contributed by atoms with Gasteiger partial charge in [0.25, 0.3) is 0 Å². The van der Waals surface area contributed by atoms with E-state index in [1.807, 2.05) is 0 Å². The fraction of sp³-hybridized carbons (Fsp3) is 0.0803. The van der Waals surface area contributed by atoms with E-state index in [0.29, 0.717) is 0 Å². The predicted octanol–water partition coefficient (Wildman–Crippen LogP) is 39.7. The van der Waals surface area contributed by atoms with Crippen molar-refractivity contribution in [3.05, 3.63) is 495 Å². The van der Waals surface area contributed by atoms with Crippen molar-refractivity contribution in [2.45, 2.75) is 73.1 Å². The Morgan fingerprint density at radius 1 is 0.149 bits per heavy atom. The van der Waals surface area contributed by atoms with Crippen LogP contribution in [0.25, 0.3) is 173 Å². The lowest BCUT2D eigenvalue weighted by atomic mass is 9.80. The molecule has 672 valence electrons. The van der Waals surface area contributed by atoms with E-state index in [-0.39, 0.29) is 10.8 Å². The van der Waals surface area contributed by atoms with E-state index in [1.54, 1.807) is 0 Å². The standard InChI is InChI=1S/C57H42N2.2C40H31N/c1-37-31-38(2)55(39(3)32-37)40-33-53-47-29-27-45(58(41-17-8-4-9-18-41)42-19-10-5-11-20-42)35-51(47)49-25-16-26-50-52-36-46(28-30-48(52)54(34-40)57(53)56(49)50)59(43-21-12-6-13-22-43)44-23-14-7-15-24-44;1-40(2,3)26-22-34-30-18-10-12-20-32(30)36-24-29(41(27-14-6-4-7-15-27)28-16-8-5-9-17-28)25-37-33-21-13-11-19-31(33)35(23-26)38(34)39(36)37;1-40(2,3)26-24-34-30-19-11-10-18-29(30)33-22-23-36(41(27-14-6-4-7-15-27)28-16-8-5-9-17-28)38-32-21-13-12-20-31(32)35(25-26)37(34)39(33)38/h4-36H,1-3H3;2*4-25H,1-3H3. The lowest BCUT2D eigenvalue weighted by molar-refractivity contribution is 0.591. The smallest absolute Gasteiger partial charge is 0.0546 e. The molecule has 0 fully saturated rings. The molecule has 27 aromatic carbocycles. The Morgan fingerprint density at radius 2 is 0.369 bits per heavy atom. The first-order valence-corrected chi connectivity index (χ1v) is 49.4. The van der Waals surface area contributed by atoms with Crippen LogP contribution in [0.1, 0.15) is 69.4 Å². The summed E-state index contributed by atoms with van der Waals surface area (Å²) in [5, 5.41) is 39.3. The third kappa shape index (κ3) is 14.5. The molecule has 0 atom stereocenters. The maximum Gasteiger partial charge on any atom is 0.0546 e. The summed E-state index contributed by atoms with van der Waals surface area (Å²) in [5.41, 5.74) is 23.0. The zero-order chi connectivity index (χ0) is 95.0. The summed E-state index contributed by atoms with van der Waals surface area (Å²) in [6.45, 7) is 20.6. The van der Waals surface area contributed by atoms with E-state index in [9.17, 15) is 0 Å². The molecular weight excluding hydrogens is 1700 g/mol. The number of benzene rings is 27. The first-order chi connectivity index (χ1) is 69.0. The van der Waals surface area contributed by atoms with E-state index < -0.39 is 0 Å². The molecule has 0 spiro atoms.